The summed E-state index contributed by atoms with van der Waals surface area (Å²) in [4.78, 5) is 22.2. The first-order chi connectivity index (χ1) is 16.7. The molecule has 0 bridgehead atoms. The Morgan fingerprint density at radius 1 is 1.15 bits per heavy atom. The summed E-state index contributed by atoms with van der Waals surface area (Å²) in [5.41, 5.74) is 4.92. The van der Waals surface area contributed by atoms with Crippen molar-refractivity contribution in [2.24, 2.45) is 0 Å². The molecule has 7 heteroatoms. The summed E-state index contributed by atoms with van der Waals surface area (Å²) in [6, 6.07) is 23.1. The summed E-state index contributed by atoms with van der Waals surface area (Å²) >= 11 is 0. The van der Waals surface area contributed by atoms with E-state index >= 15 is 0 Å². The number of ether oxygens (including phenoxy) is 2. The van der Waals surface area contributed by atoms with E-state index in [9.17, 15) is 10.1 Å². The van der Waals surface area contributed by atoms with Gasteiger partial charge in [0.25, 0.3) is 5.91 Å². The van der Waals surface area contributed by atoms with Gasteiger partial charge in [0, 0.05) is 12.2 Å². The number of imidazole rings is 1. The van der Waals surface area contributed by atoms with Gasteiger partial charge in [-0.3, -0.25) is 4.79 Å². The number of nitrogens with one attached hydrogen (secondary N) is 1. The number of benzene rings is 3. The minimum absolute atomic E-state index is 0.0949. The molecule has 4 aromatic rings. The number of rotatable bonds is 6. The van der Waals surface area contributed by atoms with Crippen LogP contribution in [0.4, 0.5) is 5.69 Å². The molecule has 1 aliphatic rings. The van der Waals surface area contributed by atoms with E-state index in [2.05, 4.69) is 16.0 Å². The first kappa shape index (κ1) is 21.3. The minimum atomic E-state index is -0.104. The molecule has 168 valence electrons. The summed E-state index contributed by atoms with van der Waals surface area (Å²) in [5.74, 6) is 1.33. The van der Waals surface area contributed by atoms with Gasteiger partial charge in [0.15, 0.2) is 18.1 Å². The second-order valence-corrected chi connectivity index (χ2v) is 7.90. The van der Waals surface area contributed by atoms with Crippen LogP contribution in [0.3, 0.4) is 0 Å². The van der Waals surface area contributed by atoms with Crippen LogP contribution in [-0.2, 0) is 11.2 Å². The molecule has 0 unspecified atom stereocenters. The number of carbonyl (C=O) groups excluding carboxylic acids is 1. The van der Waals surface area contributed by atoms with Gasteiger partial charge in [-0.25, -0.2) is 4.98 Å². The molecule has 0 saturated heterocycles. The van der Waals surface area contributed by atoms with Gasteiger partial charge in [-0.05, 0) is 54.0 Å². The van der Waals surface area contributed by atoms with Crippen molar-refractivity contribution >= 4 is 34.3 Å². The van der Waals surface area contributed by atoms with E-state index in [1.807, 2.05) is 54.6 Å². The van der Waals surface area contributed by atoms with Gasteiger partial charge in [0.2, 0.25) is 0 Å². The molecule has 1 aliphatic heterocycles. The number of carbonyl (C=O) groups is 1. The number of hydrogen-bond acceptors (Lipinski definition) is 5. The molecular formula is C27H22N4O3. The minimum Gasteiger partial charge on any atom is -0.493 e. The molecule has 0 fully saturated rings. The van der Waals surface area contributed by atoms with Crippen molar-refractivity contribution < 1.29 is 14.3 Å². The highest BCUT2D eigenvalue weighted by Gasteiger charge is 2.24. The van der Waals surface area contributed by atoms with Crippen molar-refractivity contribution in [3.8, 4) is 17.6 Å². The zero-order valence-corrected chi connectivity index (χ0v) is 18.6. The Labute approximate surface area is 196 Å². The fourth-order valence-corrected chi connectivity index (χ4v) is 4.11. The molecule has 0 saturated carbocycles. The number of nitrogens with zero attached hydrogens (tertiary/aromatic N) is 3. The standard InChI is InChI=1S/C27H22N4O3/c1-33-25-15-18(14-20(16-28)27-29-21-7-3-4-8-22(21)30-27)10-11-24(25)34-17-26(32)31-13-12-19-6-2-5-9-23(19)31/h2-11,14-15H,12-13,17H2,1H3,(H,29,30)/b20-14+. The van der Waals surface area contributed by atoms with Crippen molar-refractivity contribution in [3.05, 3.63) is 83.7 Å². The average Bonchev–Trinajstić information content (AvgIpc) is 3.50. The lowest BCUT2D eigenvalue weighted by Gasteiger charge is -2.18. The normalized spacial score (nSPS) is 12.9. The summed E-state index contributed by atoms with van der Waals surface area (Å²) in [5, 5.41) is 9.69. The highest BCUT2D eigenvalue weighted by Crippen LogP contribution is 2.31. The third-order valence-electron chi connectivity index (χ3n) is 5.80. The number of methoxy groups -OCH3 is 1. The van der Waals surface area contributed by atoms with Crippen molar-refractivity contribution in [1.29, 1.82) is 5.26 Å². The molecule has 1 amide bonds. The average molecular weight is 450 g/mol. The second kappa shape index (κ2) is 9.12. The summed E-state index contributed by atoms with van der Waals surface area (Å²) in [7, 11) is 1.54. The van der Waals surface area contributed by atoms with Crippen molar-refractivity contribution in [3.63, 3.8) is 0 Å². The smallest absolute Gasteiger partial charge is 0.264 e. The number of allylic oxidation sites excluding steroid dienone is 1. The van der Waals surface area contributed by atoms with Crippen LogP contribution >= 0.6 is 0 Å². The first-order valence-electron chi connectivity index (χ1n) is 10.9. The van der Waals surface area contributed by atoms with Gasteiger partial charge in [-0.2, -0.15) is 5.26 Å². The highest BCUT2D eigenvalue weighted by molar-refractivity contribution is 5.96. The van der Waals surface area contributed by atoms with Gasteiger partial charge >= 0.3 is 0 Å². The Hall–Kier alpha value is -4.57. The van der Waals surface area contributed by atoms with E-state index in [1.165, 1.54) is 5.56 Å². The first-order valence-corrected chi connectivity index (χ1v) is 10.9. The van der Waals surface area contributed by atoms with Gasteiger partial charge < -0.3 is 19.4 Å². The molecular weight excluding hydrogens is 428 g/mol. The number of aromatic nitrogens is 2. The van der Waals surface area contributed by atoms with E-state index in [4.69, 9.17) is 9.47 Å². The maximum atomic E-state index is 12.8. The number of para-hydroxylation sites is 3. The third kappa shape index (κ3) is 4.09. The van der Waals surface area contributed by atoms with E-state index in [-0.39, 0.29) is 12.5 Å². The molecule has 5 rings (SSSR count). The van der Waals surface area contributed by atoms with Gasteiger partial charge in [-0.15, -0.1) is 0 Å². The molecule has 0 aliphatic carbocycles. The largest absolute Gasteiger partial charge is 0.493 e. The van der Waals surface area contributed by atoms with Crippen LogP contribution in [0.2, 0.25) is 0 Å². The lowest BCUT2D eigenvalue weighted by atomic mass is 10.1. The lowest BCUT2D eigenvalue weighted by molar-refractivity contribution is -0.120. The number of aromatic amines is 1. The van der Waals surface area contributed by atoms with E-state index in [0.717, 1.165) is 28.7 Å². The van der Waals surface area contributed by atoms with Gasteiger partial charge in [-0.1, -0.05) is 36.4 Å². The molecule has 1 aromatic heterocycles. The predicted molar refractivity (Wildman–Crippen MR) is 131 cm³/mol. The van der Waals surface area contributed by atoms with Crippen molar-refractivity contribution in [1.82, 2.24) is 9.97 Å². The Balaban J connectivity index is 1.33. The summed E-state index contributed by atoms with van der Waals surface area (Å²) in [6.07, 6.45) is 2.58. The van der Waals surface area contributed by atoms with E-state index in [0.29, 0.717) is 29.4 Å². The number of anilines is 1. The van der Waals surface area contributed by atoms with E-state index in [1.54, 1.807) is 30.2 Å². The molecule has 1 N–H and O–H groups in total. The molecule has 0 spiro atoms. The molecule has 0 atom stereocenters. The number of amides is 1. The maximum Gasteiger partial charge on any atom is 0.264 e. The van der Waals surface area contributed by atoms with Crippen LogP contribution in [0.25, 0.3) is 22.7 Å². The molecule has 34 heavy (non-hydrogen) atoms. The van der Waals surface area contributed by atoms with Crippen LogP contribution in [-0.4, -0.2) is 36.1 Å². The number of H-pyrrole nitrogens is 1. The summed E-state index contributed by atoms with van der Waals surface area (Å²) < 4.78 is 11.3. The lowest BCUT2D eigenvalue weighted by Crippen LogP contribution is -2.33. The predicted octanol–water partition coefficient (Wildman–Crippen LogP) is 4.60. The quantitative estimate of drug-likeness (QED) is 0.434. The van der Waals surface area contributed by atoms with Crippen LogP contribution in [0.1, 0.15) is 17.0 Å². The topological polar surface area (TPSA) is 91.2 Å². The zero-order chi connectivity index (χ0) is 23.5. The fraction of sp³-hybridized carbons (Fsp3) is 0.148. The molecule has 0 radical (unpaired) electrons. The number of nitriles is 1. The summed E-state index contributed by atoms with van der Waals surface area (Å²) in [6.45, 7) is 0.559. The van der Waals surface area contributed by atoms with Crippen LogP contribution in [0.5, 0.6) is 11.5 Å². The second-order valence-electron chi connectivity index (χ2n) is 7.90. The van der Waals surface area contributed by atoms with Crippen molar-refractivity contribution in [2.45, 2.75) is 6.42 Å². The number of fused-ring (bicyclic) bond motifs is 2. The van der Waals surface area contributed by atoms with Crippen LogP contribution in [0.15, 0.2) is 66.7 Å². The zero-order valence-electron chi connectivity index (χ0n) is 18.6. The molecule has 2 heterocycles. The Morgan fingerprint density at radius 3 is 2.79 bits per heavy atom. The van der Waals surface area contributed by atoms with Gasteiger partial charge in [0.05, 0.1) is 23.7 Å². The maximum absolute atomic E-state index is 12.8. The highest BCUT2D eigenvalue weighted by atomic mass is 16.5. The van der Waals surface area contributed by atoms with Crippen LogP contribution in [0, 0.1) is 11.3 Å². The Morgan fingerprint density at radius 2 is 1.97 bits per heavy atom. The monoisotopic (exact) mass is 450 g/mol. The van der Waals surface area contributed by atoms with Crippen LogP contribution < -0.4 is 14.4 Å². The van der Waals surface area contributed by atoms with Gasteiger partial charge in [0.1, 0.15) is 11.9 Å². The fourth-order valence-electron chi connectivity index (χ4n) is 4.11. The van der Waals surface area contributed by atoms with E-state index < -0.39 is 0 Å². The van der Waals surface area contributed by atoms with Crippen molar-refractivity contribution in [2.75, 3.05) is 25.2 Å². The third-order valence-corrected chi connectivity index (χ3v) is 5.80. The Bertz CT molecular complexity index is 1410. The molecule has 7 nitrogen and oxygen atoms in total. The SMILES string of the molecule is COc1cc(/C=C(\C#N)c2nc3ccccc3[nH]2)ccc1OCC(=O)N1CCc2ccccc21. The molecule has 3 aromatic carbocycles. The number of hydrogen-bond donors (Lipinski definition) is 1. The Kier molecular flexibility index (Phi) is 5.71.